The topological polar surface area (TPSA) is 112 Å². The number of piperidine rings is 1. The van der Waals surface area contributed by atoms with E-state index >= 15 is 0 Å². The van der Waals surface area contributed by atoms with Gasteiger partial charge in [0.05, 0.1) is 10.4 Å². The number of nitrogens with zero attached hydrogens (tertiary/aromatic N) is 7. The van der Waals surface area contributed by atoms with Crippen molar-refractivity contribution >= 4 is 28.7 Å². The molecule has 1 amide bonds. The first kappa shape index (κ1) is 23.4. The molecule has 0 bridgehead atoms. The molecule has 2 aromatic carbocycles. The van der Waals surface area contributed by atoms with E-state index in [1.165, 1.54) is 12.1 Å². The third kappa shape index (κ3) is 4.74. The smallest absolute Gasteiger partial charge is 0.270 e. The lowest BCUT2D eigenvalue weighted by Gasteiger charge is -2.32. The molecule has 5 rings (SSSR count). The summed E-state index contributed by atoms with van der Waals surface area (Å²) in [6.07, 6.45) is 7.71. The maximum atomic E-state index is 13.2. The van der Waals surface area contributed by atoms with Crippen molar-refractivity contribution in [1.82, 2.24) is 29.4 Å². The number of para-hydroxylation sites is 1. The standard InChI is InChI=1S/C26H27N7O3/c1-2-20(16-19-6-5-7-22(17-19)33(35)36)26(34)30-13-10-21(11-14-30)25-27-12-15-31(25)18-32-24-9-4-3-8-23(24)28-29-32/h3-9,12,15-17,21H,2,10-11,13-14,18H2,1H3. The molecule has 10 nitrogen and oxygen atoms in total. The molecule has 0 atom stereocenters. The summed E-state index contributed by atoms with van der Waals surface area (Å²) in [7, 11) is 0. The maximum absolute atomic E-state index is 13.2. The molecule has 1 saturated heterocycles. The van der Waals surface area contributed by atoms with Crippen molar-refractivity contribution in [1.29, 1.82) is 0 Å². The van der Waals surface area contributed by atoms with Crippen LogP contribution in [-0.4, -0.2) is 53.4 Å². The highest BCUT2D eigenvalue weighted by atomic mass is 16.6. The quantitative estimate of drug-likeness (QED) is 0.220. The Hall–Kier alpha value is -4.34. The summed E-state index contributed by atoms with van der Waals surface area (Å²) in [6, 6.07) is 14.2. The second-order valence-corrected chi connectivity index (χ2v) is 8.92. The van der Waals surface area contributed by atoms with Gasteiger partial charge in [0, 0.05) is 49.1 Å². The van der Waals surface area contributed by atoms with Gasteiger partial charge in [-0.3, -0.25) is 14.9 Å². The van der Waals surface area contributed by atoms with Crippen LogP contribution in [0, 0.1) is 10.1 Å². The number of hydrogen-bond acceptors (Lipinski definition) is 6. The fourth-order valence-corrected chi connectivity index (χ4v) is 4.75. The van der Waals surface area contributed by atoms with Gasteiger partial charge in [-0.25, -0.2) is 9.67 Å². The predicted octanol–water partition coefficient (Wildman–Crippen LogP) is 4.24. The molecule has 2 aromatic heterocycles. The monoisotopic (exact) mass is 485 g/mol. The van der Waals surface area contributed by atoms with Crippen LogP contribution in [0.5, 0.6) is 0 Å². The van der Waals surface area contributed by atoms with Crippen LogP contribution in [0.4, 0.5) is 5.69 Å². The van der Waals surface area contributed by atoms with Crippen molar-refractivity contribution in [2.45, 2.75) is 38.8 Å². The van der Waals surface area contributed by atoms with Gasteiger partial charge in [-0.1, -0.05) is 36.4 Å². The van der Waals surface area contributed by atoms with Crippen LogP contribution in [0.15, 0.2) is 66.5 Å². The molecule has 4 aromatic rings. The molecule has 0 saturated carbocycles. The number of nitro groups is 1. The van der Waals surface area contributed by atoms with Gasteiger partial charge in [0.2, 0.25) is 5.91 Å². The summed E-state index contributed by atoms with van der Waals surface area (Å²) in [5.41, 5.74) is 3.15. The number of hydrogen-bond donors (Lipinski definition) is 0. The van der Waals surface area contributed by atoms with Crippen molar-refractivity contribution in [3.63, 3.8) is 0 Å². The average Bonchev–Trinajstić information content (AvgIpc) is 3.55. The molecule has 1 aliphatic heterocycles. The minimum Gasteiger partial charge on any atom is -0.339 e. The van der Waals surface area contributed by atoms with Crippen LogP contribution in [0.1, 0.15) is 43.5 Å². The highest BCUT2D eigenvalue weighted by Crippen LogP contribution is 2.28. The first-order valence-electron chi connectivity index (χ1n) is 12.1. The molecule has 3 heterocycles. The molecule has 36 heavy (non-hydrogen) atoms. The van der Waals surface area contributed by atoms with Crippen molar-refractivity contribution in [3.05, 3.63) is 88.0 Å². The van der Waals surface area contributed by atoms with Crippen LogP contribution in [0.3, 0.4) is 0 Å². The summed E-state index contributed by atoms with van der Waals surface area (Å²) in [5.74, 6) is 1.22. The Balaban J connectivity index is 1.26. The Bertz CT molecular complexity index is 1430. The van der Waals surface area contributed by atoms with Gasteiger partial charge in [0.15, 0.2) is 0 Å². The molecule has 10 heteroatoms. The Kier molecular flexibility index (Phi) is 6.57. The fraction of sp³-hybridized carbons (Fsp3) is 0.308. The number of aromatic nitrogens is 5. The number of carbonyl (C=O) groups excluding carboxylic acids is 1. The lowest BCUT2D eigenvalue weighted by atomic mass is 9.95. The lowest BCUT2D eigenvalue weighted by molar-refractivity contribution is -0.384. The number of amides is 1. The van der Waals surface area contributed by atoms with E-state index in [0.29, 0.717) is 37.3 Å². The number of nitro benzene ring substituents is 1. The third-order valence-electron chi connectivity index (χ3n) is 6.68. The Morgan fingerprint density at radius 1 is 1.17 bits per heavy atom. The maximum Gasteiger partial charge on any atom is 0.270 e. The lowest BCUT2D eigenvalue weighted by Crippen LogP contribution is -2.39. The second kappa shape index (κ2) is 10.1. The van der Waals surface area contributed by atoms with Gasteiger partial charge in [-0.15, -0.1) is 5.10 Å². The average molecular weight is 486 g/mol. The summed E-state index contributed by atoms with van der Waals surface area (Å²) in [6.45, 7) is 3.73. The number of fused-ring (bicyclic) bond motifs is 1. The third-order valence-corrected chi connectivity index (χ3v) is 6.68. The van der Waals surface area contributed by atoms with Crippen LogP contribution in [0.25, 0.3) is 17.1 Å². The largest absolute Gasteiger partial charge is 0.339 e. The summed E-state index contributed by atoms with van der Waals surface area (Å²) < 4.78 is 3.97. The summed E-state index contributed by atoms with van der Waals surface area (Å²) in [4.78, 5) is 30.4. The number of non-ortho nitro benzene ring substituents is 1. The van der Waals surface area contributed by atoms with Gasteiger partial charge in [-0.2, -0.15) is 0 Å². The van der Waals surface area contributed by atoms with E-state index in [0.717, 1.165) is 29.7 Å². The molecule has 0 N–H and O–H groups in total. The SMILES string of the molecule is CCC(=Cc1cccc([N+](=O)[O-])c1)C(=O)N1CCC(c2nccn2Cn2nnc3ccccc32)CC1. The van der Waals surface area contributed by atoms with Gasteiger partial charge < -0.3 is 9.47 Å². The molecule has 0 spiro atoms. The highest BCUT2D eigenvalue weighted by molar-refractivity contribution is 5.98. The number of imidazole rings is 1. The van der Waals surface area contributed by atoms with E-state index in [1.807, 2.05) is 53.2 Å². The first-order chi connectivity index (χ1) is 17.5. The Labute approximate surface area is 208 Å². The zero-order chi connectivity index (χ0) is 25.1. The molecule has 0 aliphatic carbocycles. The highest BCUT2D eigenvalue weighted by Gasteiger charge is 2.27. The number of likely N-dealkylation sites (tertiary alicyclic amines) is 1. The van der Waals surface area contributed by atoms with Crippen LogP contribution < -0.4 is 0 Å². The van der Waals surface area contributed by atoms with Gasteiger partial charge >= 0.3 is 0 Å². The van der Waals surface area contributed by atoms with Crippen molar-refractivity contribution in [2.75, 3.05) is 13.1 Å². The van der Waals surface area contributed by atoms with E-state index in [1.54, 1.807) is 18.2 Å². The van der Waals surface area contributed by atoms with Crippen LogP contribution in [-0.2, 0) is 11.5 Å². The van der Waals surface area contributed by atoms with Crippen molar-refractivity contribution in [3.8, 4) is 0 Å². The minimum absolute atomic E-state index is 0.0140. The van der Waals surface area contributed by atoms with Crippen molar-refractivity contribution < 1.29 is 9.72 Å². The Morgan fingerprint density at radius 3 is 2.75 bits per heavy atom. The second-order valence-electron chi connectivity index (χ2n) is 8.92. The van der Waals surface area contributed by atoms with Crippen molar-refractivity contribution in [2.24, 2.45) is 0 Å². The predicted molar refractivity (Wildman–Crippen MR) is 135 cm³/mol. The number of rotatable bonds is 7. The minimum atomic E-state index is -0.426. The molecule has 0 unspecified atom stereocenters. The zero-order valence-electron chi connectivity index (χ0n) is 20.0. The molecular formula is C26H27N7O3. The van der Waals surface area contributed by atoms with E-state index in [2.05, 4.69) is 19.9 Å². The zero-order valence-corrected chi connectivity index (χ0v) is 20.0. The number of carbonyl (C=O) groups is 1. The van der Waals surface area contributed by atoms with E-state index in [9.17, 15) is 14.9 Å². The van der Waals surface area contributed by atoms with Gasteiger partial charge in [0.25, 0.3) is 5.69 Å². The van der Waals surface area contributed by atoms with Gasteiger partial charge in [-0.05, 0) is 43.0 Å². The van der Waals surface area contributed by atoms with E-state index in [-0.39, 0.29) is 17.5 Å². The molecule has 184 valence electrons. The molecule has 1 fully saturated rings. The summed E-state index contributed by atoms with van der Waals surface area (Å²) >= 11 is 0. The number of benzene rings is 2. The van der Waals surface area contributed by atoms with Crippen LogP contribution in [0.2, 0.25) is 0 Å². The van der Waals surface area contributed by atoms with Crippen LogP contribution >= 0.6 is 0 Å². The molecule has 1 aliphatic rings. The first-order valence-corrected chi connectivity index (χ1v) is 12.1. The van der Waals surface area contributed by atoms with E-state index in [4.69, 9.17) is 0 Å². The molecule has 0 radical (unpaired) electrons. The Morgan fingerprint density at radius 2 is 1.97 bits per heavy atom. The normalized spacial score (nSPS) is 14.9. The molecular weight excluding hydrogens is 458 g/mol. The van der Waals surface area contributed by atoms with Gasteiger partial charge in [0.1, 0.15) is 18.0 Å². The fourth-order valence-electron chi connectivity index (χ4n) is 4.75. The summed E-state index contributed by atoms with van der Waals surface area (Å²) in [5, 5.41) is 19.6. The van der Waals surface area contributed by atoms with E-state index < -0.39 is 4.92 Å².